The lowest BCUT2D eigenvalue weighted by Crippen LogP contribution is -2.42. The summed E-state index contributed by atoms with van der Waals surface area (Å²) in [5, 5.41) is 0.211. The zero-order valence-electron chi connectivity index (χ0n) is 14.1. The molecule has 2 amide bonds. The van der Waals surface area contributed by atoms with Crippen molar-refractivity contribution in [2.75, 3.05) is 13.1 Å². The molecule has 0 radical (unpaired) electrons. The molecule has 9 nitrogen and oxygen atoms in total. The highest BCUT2D eigenvalue weighted by atomic mass is 16.2. The van der Waals surface area contributed by atoms with Crippen molar-refractivity contribution < 1.29 is 9.59 Å². The number of aryl methyl sites for hydroxylation is 1. The Morgan fingerprint density at radius 3 is 2.40 bits per heavy atom. The van der Waals surface area contributed by atoms with Crippen LogP contribution in [-0.2, 0) is 18.9 Å². The molecule has 3 rings (SSSR count). The molecule has 132 valence electrons. The lowest BCUT2D eigenvalue weighted by atomic mass is 9.96. The van der Waals surface area contributed by atoms with Gasteiger partial charge in [0.05, 0.1) is 10.9 Å². The highest BCUT2D eigenvalue weighted by molar-refractivity contribution is 5.96. The molecule has 0 unspecified atom stereocenters. The highest BCUT2D eigenvalue weighted by Gasteiger charge is 2.27. The van der Waals surface area contributed by atoms with Crippen molar-refractivity contribution in [3.8, 4) is 0 Å². The average molecular weight is 345 g/mol. The van der Waals surface area contributed by atoms with E-state index in [9.17, 15) is 19.2 Å². The Hall–Kier alpha value is -2.97. The van der Waals surface area contributed by atoms with E-state index >= 15 is 0 Å². The molecule has 1 saturated heterocycles. The first-order valence-electron chi connectivity index (χ1n) is 7.95. The van der Waals surface area contributed by atoms with E-state index in [2.05, 4.69) is 4.98 Å². The van der Waals surface area contributed by atoms with Gasteiger partial charge in [-0.3, -0.25) is 23.5 Å². The second kappa shape index (κ2) is 6.15. The molecule has 0 bridgehead atoms. The zero-order valence-corrected chi connectivity index (χ0v) is 14.1. The van der Waals surface area contributed by atoms with E-state index in [1.807, 2.05) is 0 Å². The van der Waals surface area contributed by atoms with Gasteiger partial charge in [-0.25, -0.2) is 9.78 Å². The molecular weight excluding hydrogens is 326 g/mol. The number of nitrogens with zero attached hydrogens (tertiary/aromatic N) is 4. The minimum absolute atomic E-state index is 0.208. The molecule has 1 fully saturated rings. The van der Waals surface area contributed by atoms with E-state index in [1.165, 1.54) is 30.9 Å². The van der Waals surface area contributed by atoms with E-state index in [4.69, 9.17) is 5.73 Å². The van der Waals surface area contributed by atoms with Gasteiger partial charge in [0.2, 0.25) is 5.91 Å². The zero-order chi connectivity index (χ0) is 18.3. The Balaban J connectivity index is 1.95. The summed E-state index contributed by atoms with van der Waals surface area (Å²) in [6, 6.07) is 1.46. The van der Waals surface area contributed by atoms with E-state index in [1.54, 1.807) is 4.90 Å². The Morgan fingerprint density at radius 2 is 1.80 bits per heavy atom. The van der Waals surface area contributed by atoms with Gasteiger partial charge in [0.1, 0.15) is 5.65 Å². The number of carbonyl (C=O) groups is 2. The van der Waals surface area contributed by atoms with Crippen molar-refractivity contribution in [2.24, 2.45) is 25.7 Å². The number of aromatic nitrogens is 3. The maximum absolute atomic E-state index is 12.7. The van der Waals surface area contributed by atoms with Crippen LogP contribution in [0, 0.1) is 5.92 Å². The van der Waals surface area contributed by atoms with Crippen LogP contribution < -0.4 is 17.0 Å². The standard InChI is InChI=1S/C16H19N5O4/c1-19-13-11(15(24)20(2)16(19)25)7-10(8-18-13)14(23)21-5-3-9(4-6-21)12(17)22/h7-9H,3-6H2,1-2H3,(H2,17,22). The third-order valence-corrected chi connectivity index (χ3v) is 4.72. The van der Waals surface area contributed by atoms with Crippen LogP contribution >= 0.6 is 0 Å². The number of hydrogen-bond donors (Lipinski definition) is 1. The quantitative estimate of drug-likeness (QED) is 0.746. The monoisotopic (exact) mass is 345 g/mol. The lowest BCUT2D eigenvalue weighted by molar-refractivity contribution is -0.123. The molecule has 0 aromatic carbocycles. The normalized spacial score (nSPS) is 15.5. The topological polar surface area (TPSA) is 120 Å². The smallest absolute Gasteiger partial charge is 0.332 e. The Labute approximate surface area is 142 Å². The number of pyridine rings is 1. The van der Waals surface area contributed by atoms with Crippen molar-refractivity contribution in [2.45, 2.75) is 12.8 Å². The highest BCUT2D eigenvalue weighted by Crippen LogP contribution is 2.19. The molecule has 0 saturated carbocycles. The third kappa shape index (κ3) is 2.81. The first kappa shape index (κ1) is 16.9. The van der Waals surface area contributed by atoms with Gasteiger partial charge in [-0.1, -0.05) is 0 Å². The molecule has 2 N–H and O–H groups in total. The number of likely N-dealkylation sites (tertiary alicyclic amines) is 1. The fraction of sp³-hybridized carbons (Fsp3) is 0.438. The molecule has 0 atom stereocenters. The summed E-state index contributed by atoms with van der Waals surface area (Å²) < 4.78 is 2.25. The molecule has 25 heavy (non-hydrogen) atoms. The lowest BCUT2D eigenvalue weighted by Gasteiger charge is -2.30. The van der Waals surface area contributed by atoms with E-state index in [0.717, 1.165) is 4.57 Å². The Morgan fingerprint density at radius 1 is 1.16 bits per heavy atom. The minimum atomic E-state index is -0.493. The largest absolute Gasteiger partial charge is 0.369 e. The van der Waals surface area contributed by atoms with Crippen molar-refractivity contribution in [3.05, 3.63) is 38.7 Å². The van der Waals surface area contributed by atoms with Gasteiger partial charge in [-0.05, 0) is 18.9 Å². The summed E-state index contributed by atoms with van der Waals surface area (Å²) in [5.41, 5.74) is 4.85. The van der Waals surface area contributed by atoms with Crippen LogP contribution in [0.5, 0.6) is 0 Å². The number of nitrogens with two attached hydrogens (primary N) is 1. The van der Waals surface area contributed by atoms with Crippen LogP contribution in [-0.4, -0.2) is 43.9 Å². The van der Waals surface area contributed by atoms with E-state index < -0.39 is 11.2 Å². The molecule has 0 spiro atoms. The predicted molar refractivity (Wildman–Crippen MR) is 90.0 cm³/mol. The van der Waals surface area contributed by atoms with Crippen LogP contribution in [0.4, 0.5) is 0 Å². The number of piperidine rings is 1. The number of hydrogen-bond acceptors (Lipinski definition) is 5. The van der Waals surface area contributed by atoms with Crippen LogP contribution in [0.2, 0.25) is 0 Å². The fourth-order valence-electron chi connectivity index (χ4n) is 3.13. The Bertz CT molecular complexity index is 982. The van der Waals surface area contributed by atoms with E-state index in [-0.39, 0.29) is 34.3 Å². The fourth-order valence-corrected chi connectivity index (χ4v) is 3.13. The first-order valence-corrected chi connectivity index (χ1v) is 7.95. The van der Waals surface area contributed by atoms with Crippen LogP contribution in [0.15, 0.2) is 21.9 Å². The summed E-state index contributed by atoms with van der Waals surface area (Å²) in [6.45, 7) is 0.853. The molecule has 3 heterocycles. The van der Waals surface area contributed by atoms with Gasteiger partial charge in [-0.15, -0.1) is 0 Å². The summed E-state index contributed by atoms with van der Waals surface area (Å²) in [5.74, 6) is -0.808. The Kier molecular flexibility index (Phi) is 4.15. The number of amides is 2. The van der Waals surface area contributed by atoms with Crippen LogP contribution in [0.3, 0.4) is 0 Å². The molecule has 0 aliphatic carbocycles. The molecule has 2 aromatic heterocycles. The molecule has 1 aliphatic heterocycles. The number of fused-ring (bicyclic) bond motifs is 1. The number of primary amides is 1. The molecule has 9 heteroatoms. The number of carbonyl (C=O) groups excluding carboxylic acids is 2. The number of rotatable bonds is 2. The summed E-state index contributed by atoms with van der Waals surface area (Å²) >= 11 is 0. The van der Waals surface area contributed by atoms with Gasteiger partial charge >= 0.3 is 5.69 Å². The van der Waals surface area contributed by atoms with Crippen molar-refractivity contribution in [1.29, 1.82) is 0 Å². The summed E-state index contributed by atoms with van der Waals surface area (Å²) in [6.07, 6.45) is 2.42. The van der Waals surface area contributed by atoms with Crippen LogP contribution in [0.25, 0.3) is 11.0 Å². The first-order chi connectivity index (χ1) is 11.8. The average Bonchev–Trinajstić information content (AvgIpc) is 2.63. The van der Waals surface area contributed by atoms with Crippen molar-refractivity contribution in [1.82, 2.24) is 19.0 Å². The second-order valence-corrected chi connectivity index (χ2v) is 6.27. The van der Waals surface area contributed by atoms with Crippen molar-refractivity contribution in [3.63, 3.8) is 0 Å². The maximum atomic E-state index is 12.7. The van der Waals surface area contributed by atoms with Gasteiger partial charge in [0, 0.05) is 39.3 Å². The van der Waals surface area contributed by atoms with Gasteiger partial charge < -0.3 is 10.6 Å². The SMILES string of the molecule is Cn1c(=O)c2cc(C(=O)N3CCC(C(N)=O)CC3)cnc2n(C)c1=O. The molecule has 2 aromatic rings. The van der Waals surface area contributed by atoms with E-state index in [0.29, 0.717) is 25.9 Å². The summed E-state index contributed by atoms with van der Waals surface area (Å²) in [4.78, 5) is 53.9. The third-order valence-electron chi connectivity index (χ3n) is 4.72. The summed E-state index contributed by atoms with van der Waals surface area (Å²) in [7, 11) is 2.90. The van der Waals surface area contributed by atoms with Gasteiger partial charge in [0.15, 0.2) is 0 Å². The van der Waals surface area contributed by atoms with Gasteiger partial charge in [-0.2, -0.15) is 0 Å². The molecular formula is C16H19N5O4. The van der Waals surface area contributed by atoms with Crippen LogP contribution in [0.1, 0.15) is 23.2 Å². The predicted octanol–water partition coefficient (Wildman–Crippen LogP) is -1.03. The molecule has 1 aliphatic rings. The maximum Gasteiger partial charge on any atom is 0.332 e. The van der Waals surface area contributed by atoms with Crippen molar-refractivity contribution >= 4 is 22.8 Å². The van der Waals surface area contributed by atoms with Gasteiger partial charge in [0.25, 0.3) is 11.5 Å². The minimum Gasteiger partial charge on any atom is -0.369 e. The second-order valence-electron chi connectivity index (χ2n) is 6.27.